The first-order valence-corrected chi connectivity index (χ1v) is 11.2. The molecule has 0 amide bonds. The van der Waals surface area contributed by atoms with Gasteiger partial charge in [0.15, 0.2) is 10.2 Å². The second-order valence-electron chi connectivity index (χ2n) is 6.44. The molecule has 1 aliphatic rings. The molecule has 0 spiro atoms. The molecule has 0 atom stereocenters. The van der Waals surface area contributed by atoms with Gasteiger partial charge in [0, 0.05) is 24.4 Å². The summed E-state index contributed by atoms with van der Waals surface area (Å²) in [6, 6.07) is 2.89. The summed E-state index contributed by atoms with van der Waals surface area (Å²) in [5.74, 6) is -0.413. The Morgan fingerprint density at radius 3 is 2.89 bits per heavy atom. The largest absolute Gasteiger partial charge is 0.359 e. The van der Waals surface area contributed by atoms with Crippen LogP contribution in [0.3, 0.4) is 0 Å². The van der Waals surface area contributed by atoms with Gasteiger partial charge in [0.05, 0.1) is 10.2 Å². The van der Waals surface area contributed by atoms with Crippen molar-refractivity contribution in [3.8, 4) is 10.7 Å². The molecular weight excluding hydrogens is 470 g/mol. The van der Waals surface area contributed by atoms with Crippen molar-refractivity contribution < 1.29 is 8.78 Å². The van der Waals surface area contributed by atoms with Crippen molar-refractivity contribution in [1.29, 1.82) is 0 Å². The molecule has 1 N–H and O–H groups in total. The lowest BCUT2D eigenvalue weighted by atomic mass is 9.65. The number of thioether (sulfide) groups is 1. The van der Waals surface area contributed by atoms with Gasteiger partial charge in [-0.2, -0.15) is 0 Å². The number of anilines is 1. The number of aromatic nitrogens is 5. The zero-order valence-corrected chi connectivity index (χ0v) is 17.9. The summed E-state index contributed by atoms with van der Waals surface area (Å²) in [6.45, 7) is 0.330. The van der Waals surface area contributed by atoms with E-state index < -0.39 is 17.4 Å². The zero-order chi connectivity index (χ0) is 19.7. The summed E-state index contributed by atoms with van der Waals surface area (Å²) >= 11 is 6.19. The highest BCUT2D eigenvalue weighted by Gasteiger charge is 2.48. The van der Waals surface area contributed by atoms with Crippen LogP contribution in [0.15, 0.2) is 34.2 Å². The van der Waals surface area contributed by atoms with E-state index in [1.807, 2.05) is 6.26 Å². The molecule has 3 aromatic heterocycles. The van der Waals surface area contributed by atoms with Gasteiger partial charge in [0.2, 0.25) is 5.13 Å². The molecule has 0 bridgehead atoms. The van der Waals surface area contributed by atoms with E-state index in [4.69, 9.17) is 0 Å². The van der Waals surface area contributed by atoms with Crippen molar-refractivity contribution in [2.24, 2.45) is 0 Å². The van der Waals surface area contributed by atoms with Gasteiger partial charge in [-0.15, -0.1) is 10.2 Å². The number of alkyl halides is 1. The highest BCUT2D eigenvalue weighted by Crippen LogP contribution is 2.46. The molecule has 28 heavy (non-hydrogen) atoms. The van der Waals surface area contributed by atoms with Crippen LogP contribution in [0, 0.1) is 5.82 Å². The maximum Gasteiger partial charge on any atom is 0.206 e. The predicted octanol–water partition coefficient (Wildman–Crippen LogP) is 4.50. The molecule has 3 heterocycles. The van der Waals surface area contributed by atoms with Crippen LogP contribution in [0.5, 0.6) is 0 Å². The first kappa shape index (κ1) is 19.6. The minimum absolute atomic E-state index is 0.230. The number of hydrogen-bond acceptors (Lipinski definition) is 8. The molecule has 0 radical (unpaired) electrons. The van der Waals surface area contributed by atoms with Crippen LogP contribution in [0.25, 0.3) is 10.7 Å². The molecule has 11 heteroatoms. The second-order valence-corrected chi connectivity index (χ2v) is 9.04. The lowest BCUT2D eigenvalue weighted by molar-refractivity contribution is 0.0965. The van der Waals surface area contributed by atoms with Crippen molar-refractivity contribution >= 4 is 44.2 Å². The molecule has 4 rings (SSSR count). The smallest absolute Gasteiger partial charge is 0.206 e. The average Bonchev–Trinajstić information content (AvgIpc) is 3.14. The zero-order valence-electron chi connectivity index (χ0n) is 14.7. The highest BCUT2D eigenvalue weighted by molar-refractivity contribution is 9.10. The van der Waals surface area contributed by atoms with E-state index in [2.05, 4.69) is 46.4 Å². The Morgan fingerprint density at radius 1 is 1.36 bits per heavy atom. The van der Waals surface area contributed by atoms with Gasteiger partial charge >= 0.3 is 0 Å². The van der Waals surface area contributed by atoms with Crippen LogP contribution >= 0.6 is 39.0 Å². The van der Waals surface area contributed by atoms with Crippen molar-refractivity contribution in [3.63, 3.8) is 0 Å². The molecule has 1 aliphatic carbocycles. The fourth-order valence-corrected chi connectivity index (χ4v) is 4.81. The van der Waals surface area contributed by atoms with E-state index in [0.717, 1.165) is 4.47 Å². The summed E-state index contributed by atoms with van der Waals surface area (Å²) in [5, 5.41) is 13.3. The summed E-state index contributed by atoms with van der Waals surface area (Å²) in [6.07, 6.45) is 4.62. The third-order valence-corrected chi connectivity index (χ3v) is 6.63. The molecular formula is C17H15BrF2N6S2. The maximum absolute atomic E-state index is 14.2. The van der Waals surface area contributed by atoms with E-state index in [1.54, 1.807) is 6.20 Å². The van der Waals surface area contributed by atoms with Crippen LogP contribution in [0.2, 0.25) is 0 Å². The van der Waals surface area contributed by atoms with Gasteiger partial charge < -0.3 is 5.32 Å². The SMILES string of the molecule is CSc1ncc(Br)c(-c2nnc(NC[C@]3(c4ncccc4F)C[C@H](F)C3)s2)n1. The molecule has 1 fully saturated rings. The van der Waals surface area contributed by atoms with Gasteiger partial charge in [0.25, 0.3) is 0 Å². The summed E-state index contributed by atoms with van der Waals surface area (Å²) in [4.78, 5) is 12.8. The molecule has 0 aliphatic heterocycles. The van der Waals surface area contributed by atoms with E-state index in [-0.39, 0.29) is 12.8 Å². The van der Waals surface area contributed by atoms with Gasteiger partial charge in [-0.1, -0.05) is 23.1 Å². The molecule has 3 aromatic rings. The lowest BCUT2D eigenvalue weighted by Gasteiger charge is -2.43. The Morgan fingerprint density at radius 2 is 2.18 bits per heavy atom. The normalized spacial score (nSPS) is 21.4. The summed E-state index contributed by atoms with van der Waals surface area (Å²) < 4.78 is 28.6. The first-order valence-electron chi connectivity index (χ1n) is 8.40. The first-order chi connectivity index (χ1) is 13.5. The molecule has 6 nitrogen and oxygen atoms in total. The lowest BCUT2D eigenvalue weighted by Crippen LogP contribution is -2.48. The Labute approximate surface area is 176 Å². The Kier molecular flexibility index (Phi) is 5.57. The maximum atomic E-state index is 14.2. The van der Waals surface area contributed by atoms with Crippen LogP contribution < -0.4 is 5.32 Å². The number of rotatable bonds is 6. The Balaban J connectivity index is 1.54. The van der Waals surface area contributed by atoms with Crippen molar-refractivity contribution in [3.05, 3.63) is 40.5 Å². The average molecular weight is 485 g/mol. The minimum atomic E-state index is -0.949. The van der Waals surface area contributed by atoms with Crippen LogP contribution in [-0.2, 0) is 5.41 Å². The van der Waals surface area contributed by atoms with Gasteiger partial charge in [-0.3, -0.25) is 4.98 Å². The number of hydrogen-bond donors (Lipinski definition) is 1. The monoisotopic (exact) mass is 484 g/mol. The van der Waals surface area contributed by atoms with E-state index in [9.17, 15) is 8.78 Å². The Bertz CT molecular complexity index is 995. The number of nitrogens with zero attached hydrogens (tertiary/aromatic N) is 5. The molecule has 0 saturated heterocycles. The topological polar surface area (TPSA) is 76.5 Å². The number of pyridine rings is 1. The van der Waals surface area contributed by atoms with Gasteiger partial charge in [0.1, 0.15) is 17.7 Å². The van der Waals surface area contributed by atoms with Crippen LogP contribution in [0.4, 0.5) is 13.9 Å². The van der Waals surface area contributed by atoms with Crippen molar-refractivity contribution in [2.75, 3.05) is 18.1 Å². The highest BCUT2D eigenvalue weighted by atomic mass is 79.9. The van der Waals surface area contributed by atoms with Crippen molar-refractivity contribution in [1.82, 2.24) is 25.1 Å². The third kappa shape index (κ3) is 3.74. The minimum Gasteiger partial charge on any atom is -0.359 e. The summed E-state index contributed by atoms with van der Waals surface area (Å²) in [5.41, 5.74) is 0.269. The van der Waals surface area contributed by atoms with Gasteiger partial charge in [-0.05, 0) is 47.2 Å². The third-order valence-electron chi connectivity index (χ3n) is 4.60. The molecule has 0 unspecified atom stereocenters. The van der Waals surface area contributed by atoms with Gasteiger partial charge in [-0.25, -0.2) is 18.7 Å². The second kappa shape index (κ2) is 7.96. The number of halogens is 3. The molecule has 0 aromatic carbocycles. The standard InChI is InChI=1S/C17H15BrF2N6S2/c1-27-15-22-7-10(18)12(24-15)14-25-26-16(28-14)23-8-17(5-9(19)6-17)13-11(20)3-2-4-21-13/h2-4,7,9H,5-6,8H2,1H3,(H,23,26)/t9-,17-. The van der Waals surface area contributed by atoms with E-state index >= 15 is 0 Å². The number of nitrogens with one attached hydrogen (secondary N) is 1. The predicted molar refractivity (Wildman–Crippen MR) is 109 cm³/mol. The fourth-order valence-electron chi connectivity index (χ4n) is 3.22. The molecule has 146 valence electrons. The quantitative estimate of drug-likeness (QED) is 0.407. The van der Waals surface area contributed by atoms with E-state index in [1.165, 1.54) is 41.4 Å². The fraction of sp³-hybridized carbons (Fsp3) is 0.353. The molecule has 1 saturated carbocycles. The van der Waals surface area contributed by atoms with Crippen LogP contribution in [-0.4, -0.2) is 44.1 Å². The van der Waals surface area contributed by atoms with Crippen molar-refractivity contribution in [2.45, 2.75) is 29.6 Å². The van der Waals surface area contributed by atoms with E-state index in [0.29, 0.717) is 33.2 Å². The van der Waals surface area contributed by atoms with Crippen LogP contribution in [0.1, 0.15) is 18.5 Å². The summed E-state index contributed by atoms with van der Waals surface area (Å²) in [7, 11) is 0. The Hall–Kier alpha value is -1.72.